The van der Waals surface area contributed by atoms with E-state index in [1.54, 1.807) is 18.3 Å². The van der Waals surface area contributed by atoms with Gasteiger partial charge in [0, 0.05) is 25.4 Å². The van der Waals surface area contributed by atoms with E-state index in [1.807, 2.05) is 0 Å². The third-order valence-electron chi connectivity index (χ3n) is 3.01. The molecule has 2 N–H and O–H groups in total. The number of benzene rings is 1. The number of rotatable bonds is 6. The van der Waals surface area contributed by atoms with Gasteiger partial charge in [0.05, 0.1) is 18.8 Å². The average Bonchev–Trinajstić information content (AvgIpc) is 2.47. The van der Waals surface area contributed by atoms with Crippen LogP contribution in [0.15, 0.2) is 36.5 Å². The van der Waals surface area contributed by atoms with Crippen LogP contribution in [0.4, 0.5) is 8.78 Å². The molecule has 0 amide bonds. The zero-order chi connectivity index (χ0) is 15.2. The Hall–Kier alpha value is -2.05. The van der Waals surface area contributed by atoms with Crippen molar-refractivity contribution in [1.29, 1.82) is 0 Å². The fraction of sp³-hybridized carbons (Fsp3) is 0.267. The number of aliphatic hydroxyl groups is 1. The van der Waals surface area contributed by atoms with Gasteiger partial charge in [0.1, 0.15) is 11.6 Å². The first kappa shape index (κ1) is 15.3. The summed E-state index contributed by atoms with van der Waals surface area (Å²) in [5.74, 6) is -1.03. The molecule has 0 aliphatic rings. The van der Waals surface area contributed by atoms with Gasteiger partial charge in [-0.1, -0.05) is 6.07 Å². The van der Waals surface area contributed by atoms with E-state index in [2.05, 4.69) is 10.3 Å². The second kappa shape index (κ2) is 7.10. The Bertz CT molecular complexity index is 588. The largest absolute Gasteiger partial charge is 0.481 e. The number of ether oxygens (including phenoxy) is 1. The summed E-state index contributed by atoms with van der Waals surface area (Å²) in [6.45, 7) is 0.453. The number of nitrogens with zero attached hydrogens (tertiary/aromatic N) is 1. The van der Waals surface area contributed by atoms with Crippen LogP contribution in [0.3, 0.4) is 0 Å². The average molecular weight is 294 g/mol. The fourth-order valence-electron chi connectivity index (χ4n) is 1.96. The molecule has 112 valence electrons. The third kappa shape index (κ3) is 3.96. The maximum atomic E-state index is 13.5. The lowest BCUT2D eigenvalue weighted by atomic mass is 10.1. The van der Waals surface area contributed by atoms with Crippen LogP contribution in [0.2, 0.25) is 0 Å². The third-order valence-corrected chi connectivity index (χ3v) is 3.01. The molecule has 1 heterocycles. The SMILES string of the molecule is COc1cc(CNCC(O)c2c(F)cccc2F)ccn1. The van der Waals surface area contributed by atoms with Gasteiger partial charge in [0.2, 0.25) is 5.88 Å². The molecule has 0 aliphatic heterocycles. The molecule has 0 bridgehead atoms. The normalized spacial score (nSPS) is 12.2. The van der Waals surface area contributed by atoms with E-state index in [0.29, 0.717) is 12.4 Å². The van der Waals surface area contributed by atoms with Crippen LogP contribution in [0, 0.1) is 11.6 Å². The number of pyridine rings is 1. The molecule has 0 saturated heterocycles. The molecule has 0 aliphatic carbocycles. The molecule has 6 heteroatoms. The van der Waals surface area contributed by atoms with Crippen LogP contribution in [-0.2, 0) is 6.54 Å². The van der Waals surface area contributed by atoms with E-state index >= 15 is 0 Å². The number of nitrogens with one attached hydrogen (secondary N) is 1. The van der Waals surface area contributed by atoms with Gasteiger partial charge in [-0.05, 0) is 23.8 Å². The second-order valence-corrected chi connectivity index (χ2v) is 4.49. The summed E-state index contributed by atoms with van der Waals surface area (Å²) in [6, 6.07) is 7.02. The first-order valence-corrected chi connectivity index (χ1v) is 6.43. The topological polar surface area (TPSA) is 54.4 Å². The molecule has 1 atom stereocenters. The van der Waals surface area contributed by atoms with E-state index in [1.165, 1.54) is 13.2 Å². The quantitative estimate of drug-likeness (QED) is 0.857. The van der Waals surface area contributed by atoms with Gasteiger partial charge in [-0.3, -0.25) is 0 Å². The smallest absolute Gasteiger partial charge is 0.213 e. The van der Waals surface area contributed by atoms with Crippen molar-refractivity contribution < 1.29 is 18.6 Å². The molecule has 1 aromatic heterocycles. The molecule has 2 aromatic rings. The Morgan fingerprint density at radius 3 is 2.67 bits per heavy atom. The zero-order valence-corrected chi connectivity index (χ0v) is 11.5. The summed E-state index contributed by atoms with van der Waals surface area (Å²) >= 11 is 0. The summed E-state index contributed by atoms with van der Waals surface area (Å²) in [5.41, 5.74) is 0.570. The van der Waals surface area contributed by atoms with E-state index in [0.717, 1.165) is 17.7 Å². The van der Waals surface area contributed by atoms with Crippen LogP contribution >= 0.6 is 0 Å². The molecule has 1 aromatic carbocycles. The summed E-state index contributed by atoms with van der Waals surface area (Å²) in [6.07, 6.45) is 0.345. The fourth-order valence-corrected chi connectivity index (χ4v) is 1.96. The van der Waals surface area contributed by atoms with Gasteiger partial charge in [-0.15, -0.1) is 0 Å². The molecular formula is C15H16F2N2O2. The molecule has 0 fully saturated rings. The molecule has 4 nitrogen and oxygen atoms in total. The molecule has 0 saturated carbocycles. The predicted molar refractivity (Wildman–Crippen MR) is 73.8 cm³/mol. The number of aromatic nitrogens is 1. The van der Waals surface area contributed by atoms with Gasteiger partial charge >= 0.3 is 0 Å². The van der Waals surface area contributed by atoms with Crippen LogP contribution in [0.25, 0.3) is 0 Å². The molecule has 0 radical (unpaired) electrons. The molecule has 0 spiro atoms. The maximum Gasteiger partial charge on any atom is 0.213 e. The first-order chi connectivity index (χ1) is 10.1. The highest BCUT2D eigenvalue weighted by atomic mass is 19.1. The van der Waals surface area contributed by atoms with Gasteiger partial charge in [-0.25, -0.2) is 13.8 Å². The van der Waals surface area contributed by atoms with Crippen molar-refractivity contribution in [3.05, 3.63) is 59.3 Å². The first-order valence-electron chi connectivity index (χ1n) is 6.43. The van der Waals surface area contributed by atoms with Crippen molar-refractivity contribution in [2.24, 2.45) is 0 Å². The highest BCUT2D eigenvalue weighted by molar-refractivity contribution is 5.23. The Kier molecular flexibility index (Phi) is 5.19. The Labute approximate surface area is 121 Å². The van der Waals surface area contributed by atoms with E-state index in [9.17, 15) is 13.9 Å². The van der Waals surface area contributed by atoms with E-state index < -0.39 is 17.7 Å². The Morgan fingerprint density at radius 2 is 2.00 bits per heavy atom. The van der Waals surface area contributed by atoms with Gasteiger partial charge in [0.15, 0.2) is 0 Å². The van der Waals surface area contributed by atoms with Crippen LogP contribution < -0.4 is 10.1 Å². The number of aliphatic hydroxyl groups excluding tert-OH is 1. The molecular weight excluding hydrogens is 278 g/mol. The molecule has 21 heavy (non-hydrogen) atoms. The minimum Gasteiger partial charge on any atom is -0.481 e. The predicted octanol–water partition coefficient (Wildman–Crippen LogP) is 2.19. The van der Waals surface area contributed by atoms with Gasteiger partial charge < -0.3 is 15.2 Å². The lowest BCUT2D eigenvalue weighted by Crippen LogP contribution is -2.22. The van der Waals surface area contributed by atoms with Gasteiger partial charge in [0.25, 0.3) is 0 Å². The molecule has 2 rings (SSSR count). The van der Waals surface area contributed by atoms with Crippen LogP contribution in [-0.4, -0.2) is 23.7 Å². The van der Waals surface area contributed by atoms with Gasteiger partial charge in [-0.2, -0.15) is 0 Å². The van der Waals surface area contributed by atoms with Crippen LogP contribution in [0.5, 0.6) is 5.88 Å². The van der Waals surface area contributed by atoms with Crippen LogP contribution in [0.1, 0.15) is 17.2 Å². The van der Waals surface area contributed by atoms with Crippen molar-refractivity contribution in [3.8, 4) is 5.88 Å². The molecule has 1 unspecified atom stereocenters. The summed E-state index contributed by atoms with van der Waals surface area (Å²) in [4.78, 5) is 3.97. The monoisotopic (exact) mass is 294 g/mol. The van der Waals surface area contributed by atoms with E-state index in [4.69, 9.17) is 4.74 Å². The van der Waals surface area contributed by atoms with Crippen molar-refractivity contribution in [2.75, 3.05) is 13.7 Å². The zero-order valence-electron chi connectivity index (χ0n) is 11.5. The van der Waals surface area contributed by atoms with Crippen molar-refractivity contribution >= 4 is 0 Å². The minimum absolute atomic E-state index is 0.0302. The number of halogens is 2. The second-order valence-electron chi connectivity index (χ2n) is 4.49. The van der Waals surface area contributed by atoms with Crippen molar-refractivity contribution in [2.45, 2.75) is 12.6 Å². The van der Waals surface area contributed by atoms with Crippen molar-refractivity contribution in [3.63, 3.8) is 0 Å². The standard InChI is InChI=1S/C15H16F2N2O2/c1-21-14-7-10(5-6-19-14)8-18-9-13(20)15-11(16)3-2-4-12(15)17/h2-7,13,18,20H,8-9H2,1H3. The summed E-state index contributed by atoms with van der Waals surface area (Å²) in [7, 11) is 1.52. The lowest BCUT2D eigenvalue weighted by Gasteiger charge is -2.14. The minimum atomic E-state index is -1.25. The maximum absolute atomic E-state index is 13.5. The number of hydrogen-bond acceptors (Lipinski definition) is 4. The number of hydrogen-bond donors (Lipinski definition) is 2. The lowest BCUT2D eigenvalue weighted by molar-refractivity contribution is 0.164. The van der Waals surface area contributed by atoms with E-state index in [-0.39, 0.29) is 12.1 Å². The Morgan fingerprint density at radius 1 is 1.29 bits per heavy atom. The van der Waals surface area contributed by atoms with Crippen molar-refractivity contribution in [1.82, 2.24) is 10.3 Å². The highest BCUT2D eigenvalue weighted by Gasteiger charge is 2.17. The highest BCUT2D eigenvalue weighted by Crippen LogP contribution is 2.20. The summed E-state index contributed by atoms with van der Waals surface area (Å²) < 4.78 is 32.0. The summed E-state index contributed by atoms with van der Waals surface area (Å²) in [5, 5.41) is 12.8. The Balaban J connectivity index is 1.93. The number of methoxy groups -OCH3 is 1.